The minimum Gasteiger partial charge on any atom is -0.324 e. The summed E-state index contributed by atoms with van der Waals surface area (Å²) in [7, 11) is 0. The quantitative estimate of drug-likeness (QED) is 0.607. The molecule has 1 fully saturated rings. The molecule has 0 atom stereocenters. The van der Waals surface area contributed by atoms with Gasteiger partial charge in [-0.1, -0.05) is 18.6 Å². The van der Waals surface area contributed by atoms with Gasteiger partial charge in [-0.3, -0.25) is 4.79 Å². The van der Waals surface area contributed by atoms with Crippen molar-refractivity contribution in [3.63, 3.8) is 0 Å². The number of carbonyl (C=O) groups excluding carboxylic acids is 1. The van der Waals surface area contributed by atoms with Crippen LogP contribution < -0.4 is 10.2 Å². The minimum atomic E-state index is -0.0881. The summed E-state index contributed by atoms with van der Waals surface area (Å²) in [6.07, 6.45) is 8.54. The number of piperidine rings is 1. The molecule has 5 heteroatoms. The van der Waals surface area contributed by atoms with E-state index < -0.39 is 0 Å². The number of anilines is 3. The highest BCUT2D eigenvalue weighted by atomic mass is 16.1. The third-order valence-electron chi connectivity index (χ3n) is 5.54. The van der Waals surface area contributed by atoms with E-state index in [-0.39, 0.29) is 5.91 Å². The minimum absolute atomic E-state index is 0.0881. The van der Waals surface area contributed by atoms with E-state index in [9.17, 15) is 4.79 Å². The number of amides is 1. The molecule has 4 rings (SSSR count). The van der Waals surface area contributed by atoms with E-state index in [1.54, 1.807) is 6.20 Å². The molecule has 2 aliphatic rings. The highest BCUT2D eigenvalue weighted by molar-refractivity contribution is 6.11. The molecule has 0 bridgehead atoms. The standard InChI is InChI=1S/C24H28N4O/c29-24-20-12-5-6-14-22(20)28(23-21(26-24)13-11-15-25-23)19-10-3-1-2-7-16-27-17-8-4-9-18-27/h5-6,11-15H,3-4,7-10,16-19H2,(H,26,29). The molecule has 1 aromatic heterocycles. The second-order valence-corrected chi connectivity index (χ2v) is 7.61. The van der Waals surface area contributed by atoms with E-state index in [0.29, 0.717) is 5.56 Å². The van der Waals surface area contributed by atoms with Crippen molar-refractivity contribution < 1.29 is 4.79 Å². The number of likely N-dealkylation sites (tertiary alicyclic amines) is 1. The molecule has 0 unspecified atom stereocenters. The summed E-state index contributed by atoms with van der Waals surface area (Å²) in [5.41, 5.74) is 2.33. The van der Waals surface area contributed by atoms with Gasteiger partial charge in [0, 0.05) is 32.1 Å². The second kappa shape index (κ2) is 9.58. The van der Waals surface area contributed by atoms with Crippen molar-refractivity contribution in [1.29, 1.82) is 0 Å². The summed E-state index contributed by atoms with van der Waals surface area (Å²) in [5.74, 6) is 7.37. The van der Waals surface area contributed by atoms with Crippen molar-refractivity contribution in [1.82, 2.24) is 9.88 Å². The number of rotatable bonds is 5. The molecule has 0 radical (unpaired) electrons. The highest BCUT2D eigenvalue weighted by Crippen LogP contribution is 2.36. The molecule has 0 saturated carbocycles. The number of aromatic nitrogens is 1. The van der Waals surface area contributed by atoms with E-state index in [1.165, 1.54) is 32.4 Å². The van der Waals surface area contributed by atoms with Crippen LogP contribution in [0.5, 0.6) is 0 Å². The monoisotopic (exact) mass is 388 g/mol. The number of unbranched alkanes of at least 4 members (excludes halogenated alkanes) is 1. The van der Waals surface area contributed by atoms with Crippen molar-refractivity contribution in [2.45, 2.75) is 38.5 Å². The van der Waals surface area contributed by atoms with Crippen LogP contribution in [0.1, 0.15) is 48.9 Å². The maximum absolute atomic E-state index is 12.6. The van der Waals surface area contributed by atoms with E-state index >= 15 is 0 Å². The Morgan fingerprint density at radius 2 is 1.79 bits per heavy atom. The number of nitrogens with one attached hydrogen (secondary N) is 1. The molecule has 2 aliphatic heterocycles. The van der Waals surface area contributed by atoms with Crippen LogP contribution in [0.4, 0.5) is 17.2 Å². The fraction of sp³-hybridized carbons (Fsp3) is 0.417. The smallest absolute Gasteiger partial charge is 0.257 e. The molecule has 0 spiro atoms. The molecular weight excluding hydrogens is 360 g/mol. The number of hydrogen-bond acceptors (Lipinski definition) is 4. The lowest BCUT2D eigenvalue weighted by Crippen LogP contribution is -2.30. The summed E-state index contributed by atoms with van der Waals surface area (Å²) in [6, 6.07) is 11.5. The van der Waals surface area contributed by atoms with Gasteiger partial charge in [-0.2, -0.15) is 0 Å². The molecule has 3 heterocycles. The van der Waals surface area contributed by atoms with E-state index in [4.69, 9.17) is 0 Å². The summed E-state index contributed by atoms with van der Waals surface area (Å²) in [5, 5.41) is 2.98. The van der Waals surface area contributed by atoms with Gasteiger partial charge in [-0.15, -0.1) is 11.8 Å². The zero-order chi connectivity index (χ0) is 19.9. The number of nitrogens with zero attached hydrogens (tertiary/aromatic N) is 3. The zero-order valence-corrected chi connectivity index (χ0v) is 16.9. The maximum atomic E-state index is 12.6. The molecule has 29 heavy (non-hydrogen) atoms. The first-order valence-corrected chi connectivity index (χ1v) is 10.6. The van der Waals surface area contributed by atoms with Gasteiger partial charge in [0.25, 0.3) is 5.91 Å². The fourth-order valence-electron chi connectivity index (χ4n) is 4.04. The first kappa shape index (κ1) is 19.5. The Balaban J connectivity index is 1.38. The SMILES string of the molecule is O=C1Nc2cccnc2N(CCCC#CCCN2CCCCC2)c2ccccc21. The second-order valence-electron chi connectivity index (χ2n) is 7.61. The van der Waals surface area contributed by atoms with Crippen LogP contribution in [0.2, 0.25) is 0 Å². The van der Waals surface area contributed by atoms with Crippen LogP contribution in [0.25, 0.3) is 0 Å². The third kappa shape index (κ3) is 4.78. The molecule has 1 saturated heterocycles. The largest absolute Gasteiger partial charge is 0.324 e. The lowest BCUT2D eigenvalue weighted by molar-refractivity contribution is 0.102. The first-order chi connectivity index (χ1) is 14.3. The third-order valence-corrected chi connectivity index (χ3v) is 5.54. The van der Waals surface area contributed by atoms with Crippen molar-refractivity contribution in [3.05, 3.63) is 48.2 Å². The molecular formula is C24H28N4O. The van der Waals surface area contributed by atoms with Crippen molar-refractivity contribution >= 4 is 23.1 Å². The Morgan fingerprint density at radius 1 is 0.966 bits per heavy atom. The topological polar surface area (TPSA) is 48.5 Å². The van der Waals surface area contributed by atoms with E-state index in [0.717, 1.165) is 49.5 Å². The van der Waals surface area contributed by atoms with E-state index in [2.05, 4.69) is 31.9 Å². The van der Waals surface area contributed by atoms with Gasteiger partial charge in [0.2, 0.25) is 0 Å². The normalized spacial score (nSPS) is 16.1. The van der Waals surface area contributed by atoms with Gasteiger partial charge < -0.3 is 15.1 Å². The van der Waals surface area contributed by atoms with Crippen LogP contribution in [0, 0.1) is 11.8 Å². The number of hydrogen-bond donors (Lipinski definition) is 1. The number of benzene rings is 1. The van der Waals surface area contributed by atoms with Crippen LogP contribution in [0.3, 0.4) is 0 Å². The molecule has 150 valence electrons. The van der Waals surface area contributed by atoms with Crippen molar-refractivity contribution in [3.8, 4) is 11.8 Å². The number of para-hydroxylation sites is 1. The fourth-order valence-corrected chi connectivity index (χ4v) is 4.04. The van der Waals surface area contributed by atoms with Gasteiger partial charge in [0.05, 0.1) is 16.9 Å². The molecule has 0 aliphatic carbocycles. The summed E-state index contributed by atoms with van der Waals surface area (Å²) >= 11 is 0. The van der Waals surface area contributed by atoms with E-state index in [1.807, 2.05) is 36.4 Å². The lowest BCUT2D eigenvalue weighted by atomic mass is 10.1. The average molecular weight is 389 g/mol. The van der Waals surface area contributed by atoms with Crippen LogP contribution in [-0.4, -0.2) is 42.0 Å². The van der Waals surface area contributed by atoms with Crippen LogP contribution >= 0.6 is 0 Å². The van der Waals surface area contributed by atoms with Gasteiger partial charge in [0.1, 0.15) is 0 Å². The Bertz CT molecular complexity index is 908. The predicted octanol–water partition coefficient (Wildman–Crippen LogP) is 4.45. The first-order valence-electron chi connectivity index (χ1n) is 10.6. The maximum Gasteiger partial charge on any atom is 0.257 e. The van der Waals surface area contributed by atoms with Crippen molar-refractivity contribution in [2.24, 2.45) is 0 Å². The molecule has 2 aromatic rings. The van der Waals surface area contributed by atoms with Gasteiger partial charge in [-0.25, -0.2) is 4.98 Å². The van der Waals surface area contributed by atoms with Gasteiger partial charge in [0.15, 0.2) is 5.82 Å². The highest BCUT2D eigenvalue weighted by Gasteiger charge is 2.25. The lowest BCUT2D eigenvalue weighted by Gasteiger charge is -2.25. The van der Waals surface area contributed by atoms with Crippen LogP contribution in [-0.2, 0) is 0 Å². The van der Waals surface area contributed by atoms with Crippen molar-refractivity contribution in [2.75, 3.05) is 36.4 Å². The number of carbonyl (C=O) groups is 1. The number of pyridine rings is 1. The molecule has 5 nitrogen and oxygen atoms in total. The Kier molecular flexibility index (Phi) is 6.43. The zero-order valence-electron chi connectivity index (χ0n) is 16.9. The van der Waals surface area contributed by atoms with Crippen LogP contribution in [0.15, 0.2) is 42.6 Å². The Labute approximate surface area is 173 Å². The Morgan fingerprint density at radius 3 is 2.69 bits per heavy atom. The number of fused-ring (bicyclic) bond motifs is 2. The molecule has 1 N–H and O–H groups in total. The predicted molar refractivity (Wildman–Crippen MR) is 118 cm³/mol. The average Bonchev–Trinajstić information content (AvgIpc) is 2.88. The summed E-state index contributed by atoms with van der Waals surface area (Å²) in [4.78, 5) is 21.8. The molecule has 1 aromatic carbocycles. The van der Waals surface area contributed by atoms with Gasteiger partial charge in [-0.05, 0) is 56.6 Å². The molecule has 1 amide bonds. The summed E-state index contributed by atoms with van der Waals surface area (Å²) < 4.78 is 0. The Hall–Kier alpha value is -2.84. The van der Waals surface area contributed by atoms with Gasteiger partial charge >= 0.3 is 0 Å². The summed E-state index contributed by atoms with van der Waals surface area (Å²) in [6.45, 7) is 4.33.